The van der Waals surface area contributed by atoms with E-state index >= 15 is 0 Å². The third-order valence-corrected chi connectivity index (χ3v) is 5.55. The number of aliphatic hydroxyl groups is 1. The SMILES string of the molecule is CCC(C)C(N)C(=O)NC(CCCN=C(N)N)C(=O)NC(Cc1cnc[nH]1)C(=O)NC(CO)C(=O)O. The Bertz CT molecular complexity index is 888. The number of aromatic amines is 1. The number of H-pyrrole nitrogens is 1. The number of aromatic nitrogens is 2. The summed E-state index contributed by atoms with van der Waals surface area (Å²) < 4.78 is 0. The van der Waals surface area contributed by atoms with Crippen LogP contribution in [0.25, 0.3) is 0 Å². The highest BCUT2D eigenvalue weighted by molar-refractivity contribution is 5.94. The van der Waals surface area contributed by atoms with E-state index in [1.165, 1.54) is 12.5 Å². The van der Waals surface area contributed by atoms with E-state index in [0.717, 1.165) is 0 Å². The second-order valence-electron chi connectivity index (χ2n) is 8.35. The molecule has 0 saturated carbocycles. The zero-order valence-electron chi connectivity index (χ0n) is 20.4. The van der Waals surface area contributed by atoms with Gasteiger partial charge in [-0.1, -0.05) is 20.3 Å². The van der Waals surface area contributed by atoms with Gasteiger partial charge in [-0.2, -0.15) is 0 Å². The van der Waals surface area contributed by atoms with Crippen LogP contribution in [0.1, 0.15) is 38.8 Å². The summed E-state index contributed by atoms with van der Waals surface area (Å²) in [4.78, 5) is 60.4. The largest absolute Gasteiger partial charge is 0.480 e. The highest BCUT2D eigenvalue weighted by Gasteiger charge is 2.31. The van der Waals surface area contributed by atoms with Crippen molar-refractivity contribution in [2.75, 3.05) is 13.2 Å². The minimum atomic E-state index is -1.57. The standard InChI is InChI=1S/C21H37N9O6/c1-3-11(2)16(22)19(34)28-13(5-4-6-26-21(23)24)17(32)29-14(7-12-8-25-10-27-12)18(33)30-15(9-31)20(35)36/h8,10-11,13-16,31H,3-7,9,22H2,1-2H3,(H,25,27)(H,28,34)(H,29,32)(H,30,33)(H,35,36)(H4,23,24,26). The van der Waals surface area contributed by atoms with Crippen molar-refractivity contribution in [2.24, 2.45) is 28.1 Å². The quantitative estimate of drug-likeness (QED) is 0.0613. The van der Waals surface area contributed by atoms with Crippen LogP contribution in [0.3, 0.4) is 0 Å². The topological polar surface area (TPSA) is 264 Å². The zero-order valence-corrected chi connectivity index (χ0v) is 20.4. The van der Waals surface area contributed by atoms with Gasteiger partial charge in [0.1, 0.15) is 18.1 Å². The first-order chi connectivity index (χ1) is 17.0. The van der Waals surface area contributed by atoms with E-state index in [1.807, 2.05) is 13.8 Å². The van der Waals surface area contributed by atoms with Crippen molar-refractivity contribution in [1.29, 1.82) is 0 Å². The maximum atomic E-state index is 13.2. The van der Waals surface area contributed by atoms with Crippen molar-refractivity contribution < 1.29 is 29.4 Å². The van der Waals surface area contributed by atoms with E-state index in [0.29, 0.717) is 18.5 Å². The summed E-state index contributed by atoms with van der Waals surface area (Å²) >= 11 is 0. The summed E-state index contributed by atoms with van der Waals surface area (Å²) in [5, 5.41) is 25.7. The van der Waals surface area contributed by atoms with E-state index in [1.54, 1.807) is 0 Å². The molecule has 0 aliphatic rings. The lowest BCUT2D eigenvalue weighted by atomic mass is 9.98. The van der Waals surface area contributed by atoms with Gasteiger partial charge in [0, 0.05) is 24.9 Å². The first kappa shape index (κ1) is 30.3. The van der Waals surface area contributed by atoms with Crippen molar-refractivity contribution in [3.63, 3.8) is 0 Å². The summed E-state index contributed by atoms with van der Waals surface area (Å²) in [6.07, 6.45) is 3.87. The molecule has 0 aliphatic heterocycles. The number of rotatable bonds is 16. The molecule has 0 fully saturated rings. The summed E-state index contributed by atoms with van der Waals surface area (Å²) in [6, 6.07) is -4.74. The fraction of sp³-hybridized carbons (Fsp3) is 0.619. The molecule has 12 N–H and O–H groups in total. The summed E-state index contributed by atoms with van der Waals surface area (Å²) in [6.45, 7) is 3.05. The van der Waals surface area contributed by atoms with Gasteiger partial charge in [-0.3, -0.25) is 19.4 Å². The van der Waals surface area contributed by atoms with E-state index in [9.17, 15) is 24.3 Å². The Labute approximate surface area is 208 Å². The number of aliphatic carboxylic acids is 1. The molecule has 0 radical (unpaired) electrons. The molecule has 15 nitrogen and oxygen atoms in total. The molecule has 0 aliphatic carbocycles. The Morgan fingerprint density at radius 2 is 1.69 bits per heavy atom. The number of imidazole rings is 1. The summed E-state index contributed by atoms with van der Waals surface area (Å²) in [5.41, 5.74) is 17.1. The number of nitrogens with two attached hydrogens (primary N) is 3. The number of aliphatic hydroxyl groups excluding tert-OH is 1. The smallest absolute Gasteiger partial charge is 0.328 e. The van der Waals surface area contributed by atoms with Crippen LogP contribution in [0.4, 0.5) is 0 Å². The van der Waals surface area contributed by atoms with Crippen LogP contribution in [0.15, 0.2) is 17.5 Å². The number of hydrogen-bond acceptors (Lipinski definition) is 8. The van der Waals surface area contributed by atoms with Gasteiger partial charge in [-0.25, -0.2) is 9.78 Å². The van der Waals surface area contributed by atoms with Crippen LogP contribution in [0, 0.1) is 5.92 Å². The number of carboxylic acid groups (broad SMARTS) is 1. The van der Waals surface area contributed by atoms with Crippen molar-refractivity contribution in [1.82, 2.24) is 25.9 Å². The van der Waals surface area contributed by atoms with Crippen LogP contribution in [-0.4, -0.2) is 87.2 Å². The van der Waals surface area contributed by atoms with Crippen LogP contribution in [-0.2, 0) is 25.6 Å². The van der Waals surface area contributed by atoms with Gasteiger partial charge >= 0.3 is 5.97 Å². The van der Waals surface area contributed by atoms with Crippen LogP contribution >= 0.6 is 0 Å². The van der Waals surface area contributed by atoms with Gasteiger partial charge in [0.05, 0.1) is 19.0 Å². The molecule has 1 rings (SSSR count). The molecule has 1 aromatic rings. The van der Waals surface area contributed by atoms with E-state index in [2.05, 4.69) is 30.9 Å². The Balaban J connectivity index is 3.07. The molecule has 0 bridgehead atoms. The van der Waals surface area contributed by atoms with Gasteiger partial charge in [-0.15, -0.1) is 0 Å². The van der Waals surface area contributed by atoms with Crippen LogP contribution in [0.2, 0.25) is 0 Å². The molecule has 0 spiro atoms. The van der Waals surface area contributed by atoms with E-state index in [4.69, 9.17) is 22.3 Å². The van der Waals surface area contributed by atoms with Crippen LogP contribution < -0.4 is 33.2 Å². The molecular weight excluding hydrogens is 474 g/mol. The minimum absolute atomic E-state index is 0.0591. The first-order valence-electron chi connectivity index (χ1n) is 11.5. The van der Waals surface area contributed by atoms with Crippen molar-refractivity contribution >= 4 is 29.7 Å². The highest BCUT2D eigenvalue weighted by atomic mass is 16.4. The lowest BCUT2D eigenvalue weighted by Crippen LogP contribution is -2.58. The maximum absolute atomic E-state index is 13.2. The average Bonchev–Trinajstić information content (AvgIpc) is 3.35. The maximum Gasteiger partial charge on any atom is 0.328 e. The molecule has 0 aromatic carbocycles. The number of nitrogens with one attached hydrogen (secondary N) is 4. The third kappa shape index (κ3) is 10.3. The Kier molecular flexibility index (Phi) is 12.9. The number of amides is 3. The molecule has 36 heavy (non-hydrogen) atoms. The number of nitrogens with zero attached hydrogens (tertiary/aromatic N) is 2. The van der Waals surface area contributed by atoms with Gasteiger partial charge in [0.25, 0.3) is 0 Å². The first-order valence-corrected chi connectivity index (χ1v) is 11.5. The Morgan fingerprint density at radius 1 is 1.08 bits per heavy atom. The Morgan fingerprint density at radius 3 is 2.22 bits per heavy atom. The minimum Gasteiger partial charge on any atom is -0.480 e. The van der Waals surface area contributed by atoms with Gasteiger partial charge in [0.15, 0.2) is 5.96 Å². The molecule has 202 valence electrons. The number of guanidine groups is 1. The summed E-state index contributed by atoms with van der Waals surface area (Å²) in [7, 11) is 0. The number of carboxylic acids is 1. The normalized spacial score (nSPS) is 15.0. The molecule has 15 heteroatoms. The molecule has 0 saturated heterocycles. The number of carbonyl (C=O) groups is 4. The average molecular weight is 512 g/mol. The van der Waals surface area contributed by atoms with Crippen LogP contribution in [0.5, 0.6) is 0 Å². The molecule has 3 amide bonds. The molecular formula is C21H37N9O6. The third-order valence-electron chi connectivity index (χ3n) is 5.55. The highest BCUT2D eigenvalue weighted by Crippen LogP contribution is 2.08. The fourth-order valence-corrected chi connectivity index (χ4v) is 3.11. The molecule has 1 heterocycles. The predicted octanol–water partition coefficient (Wildman–Crippen LogP) is -3.09. The van der Waals surface area contributed by atoms with Gasteiger partial charge in [-0.05, 0) is 18.8 Å². The predicted molar refractivity (Wildman–Crippen MR) is 130 cm³/mol. The lowest BCUT2D eigenvalue weighted by molar-refractivity contribution is -0.143. The fourth-order valence-electron chi connectivity index (χ4n) is 3.11. The second-order valence-corrected chi connectivity index (χ2v) is 8.35. The van der Waals surface area contributed by atoms with Gasteiger partial charge < -0.3 is 48.3 Å². The Hall–Kier alpha value is -3.72. The lowest BCUT2D eigenvalue weighted by Gasteiger charge is -2.25. The monoisotopic (exact) mass is 511 g/mol. The van der Waals surface area contributed by atoms with E-state index in [-0.39, 0.29) is 31.3 Å². The number of aliphatic imine (C=N–C) groups is 1. The number of hydrogen-bond donors (Lipinski definition) is 9. The summed E-state index contributed by atoms with van der Waals surface area (Å²) in [5.74, 6) is -3.78. The molecule has 5 unspecified atom stereocenters. The van der Waals surface area contributed by atoms with E-state index < -0.39 is 54.5 Å². The number of carbonyl (C=O) groups excluding carboxylic acids is 3. The van der Waals surface area contributed by atoms with Crippen molar-refractivity contribution in [3.05, 3.63) is 18.2 Å². The van der Waals surface area contributed by atoms with Gasteiger partial charge in [0.2, 0.25) is 17.7 Å². The van der Waals surface area contributed by atoms with Crippen molar-refractivity contribution in [3.8, 4) is 0 Å². The zero-order chi connectivity index (χ0) is 27.3. The van der Waals surface area contributed by atoms with Crippen molar-refractivity contribution in [2.45, 2.75) is 63.7 Å². The molecule has 1 aromatic heterocycles. The molecule has 5 atom stereocenters. The second kappa shape index (κ2) is 15.3.